The van der Waals surface area contributed by atoms with Crippen LogP contribution in [0.15, 0.2) is 36.4 Å². The van der Waals surface area contributed by atoms with E-state index in [-0.39, 0.29) is 6.10 Å². The molecule has 6 nitrogen and oxygen atoms in total. The van der Waals surface area contributed by atoms with Crippen LogP contribution in [-0.2, 0) is 0 Å². The van der Waals surface area contributed by atoms with Gasteiger partial charge in [0.15, 0.2) is 0 Å². The van der Waals surface area contributed by atoms with Crippen molar-refractivity contribution in [2.75, 3.05) is 18.8 Å². The van der Waals surface area contributed by atoms with Crippen molar-refractivity contribution in [3.05, 3.63) is 42.0 Å². The van der Waals surface area contributed by atoms with Gasteiger partial charge in [0.05, 0.1) is 12.2 Å². The van der Waals surface area contributed by atoms with Gasteiger partial charge in [0.1, 0.15) is 17.7 Å². The molecule has 0 bridgehead atoms. The van der Waals surface area contributed by atoms with Crippen LogP contribution >= 0.6 is 0 Å². The van der Waals surface area contributed by atoms with Crippen molar-refractivity contribution in [2.24, 2.45) is 0 Å². The number of likely N-dealkylation sites (tertiary alicyclic amines) is 1. The Balaban J connectivity index is 1.60. The highest BCUT2D eigenvalue weighted by molar-refractivity contribution is 5.68. The molecule has 0 radical (unpaired) electrons. The highest BCUT2D eigenvalue weighted by Crippen LogP contribution is 2.45. The molecule has 1 aromatic heterocycles. The summed E-state index contributed by atoms with van der Waals surface area (Å²) >= 11 is 0. The number of pyridine rings is 1. The summed E-state index contributed by atoms with van der Waals surface area (Å²) in [5.41, 5.74) is 9.04. The van der Waals surface area contributed by atoms with E-state index in [1.807, 2.05) is 24.3 Å². The van der Waals surface area contributed by atoms with Crippen molar-refractivity contribution >= 4 is 11.9 Å². The fourth-order valence-corrected chi connectivity index (χ4v) is 3.37. The minimum absolute atomic E-state index is 0.107. The van der Waals surface area contributed by atoms with E-state index < -0.39 is 6.09 Å². The van der Waals surface area contributed by atoms with Gasteiger partial charge in [-0.25, -0.2) is 9.78 Å². The number of aromatic nitrogens is 1. The van der Waals surface area contributed by atoms with E-state index in [1.165, 1.54) is 23.3 Å². The summed E-state index contributed by atoms with van der Waals surface area (Å²) in [6, 6.07) is 11.7. The van der Waals surface area contributed by atoms with Crippen LogP contribution in [0.2, 0.25) is 0 Å². The van der Waals surface area contributed by atoms with Gasteiger partial charge in [-0.3, -0.25) is 0 Å². The number of ether oxygens (including phenoxy) is 1. The number of nitrogens with zero attached hydrogens (tertiary/aromatic N) is 2. The molecule has 1 atom stereocenters. The van der Waals surface area contributed by atoms with Crippen molar-refractivity contribution in [3.8, 4) is 17.0 Å². The zero-order chi connectivity index (χ0) is 17.4. The number of benzene rings is 1. The van der Waals surface area contributed by atoms with Crippen molar-refractivity contribution in [3.63, 3.8) is 0 Å². The van der Waals surface area contributed by atoms with E-state index in [0.29, 0.717) is 31.2 Å². The van der Waals surface area contributed by atoms with E-state index >= 15 is 0 Å². The molecule has 2 fully saturated rings. The second-order valence-electron chi connectivity index (χ2n) is 6.73. The van der Waals surface area contributed by atoms with Crippen LogP contribution in [0.1, 0.15) is 30.7 Å². The van der Waals surface area contributed by atoms with Crippen LogP contribution in [-0.4, -0.2) is 40.3 Å². The van der Waals surface area contributed by atoms with Crippen molar-refractivity contribution < 1.29 is 14.6 Å². The van der Waals surface area contributed by atoms with Gasteiger partial charge in [0.2, 0.25) is 0 Å². The number of hydrogen-bond donors (Lipinski definition) is 2. The molecule has 1 saturated heterocycles. The third kappa shape index (κ3) is 3.38. The minimum Gasteiger partial charge on any atom is -0.488 e. The van der Waals surface area contributed by atoms with Crippen LogP contribution in [0.3, 0.4) is 0 Å². The van der Waals surface area contributed by atoms with Gasteiger partial charge in [-0.05, 0) is 48.6 Å². The van der Waals surface area contributed by atoms with E-state index in [1.54, 1.807) is 6.07 Å². The van der Waals surface area contributed by atoms with Gasteiger partial charge in [0, 0.05) is 18.5 Å². The number of rotatable bonds is 4. The summed E-state index contributed by atoms with van der Waals surface area (Å²) in [7, 11) is 0. The molecule has 1 aliphatic heterocycles. The lowest BCUT2D eigenvalue weighted by Crippen LogP contribution is -2.29. The molecule has 1 unspecified atom stereocenters. The Morgan fingerprint density at radius 1 is 1.24 bits per heavy atom. The Labute approximate surface area is 146 Å². The lowest BCUT2D eigenvalue weighted by Gasteiger charge is -2.17. The molecule has 25 heavy (non-hydrogen) atoms. The van der Waals surface area contributed by atoms with Crippen molar-refractivity contribution in [1.29, 1.82) is 0 Å². The maximum absolute atomic E-state index is 11.0. The fourth-order valence-electron chi connectivity index (χ4n) is 3.37. The number of hydrogen-bond acceptors (Lipinski definition) is 4. The molecule has 1 amide bonds. The van der Waals surface area contributed by atoms with Crippen molar-refractivity contribution in [1.82, 2.24) is 9.88 Å². The summed E-state index contributed by atoms with van der Waals surface area (Å²) in [5.74, 6) is 1.83. The molecule has 2 aliphatic rings. The van der Waals surface area contributed by atoms with Gasteiger partial charge in [0.25, 0.3) is 0 Å². The molecule has 1 saturated carbocycles. The predicted octanol–water partition coefficient (Wildman–Crippen LogP) is 3.34. The van der Waals surface area contributed by atoms with Gasteiger partial charge < -0.3 is 20.5 Å². The molecule has 2 aromatic rings. The zero-order valence-corrected chi connectivity index (χ0v) is 13.9. The minimum atomic E-state index is -0.889. The van der Waals surface area contributed by atoms with Crippen LogP contribution in [0.25, 0.3) is 11.3 Å². The monoisotopic (exact) mass is 339 g/mol. The number of nitrogens with two attached hydrogens (primary N) is 1. The normalized spacial score (nSPS) is 19.8. The van der Waals surface area contributed by atoms with Crippen LogP contribution in [0.5, 0.6) is 5.75 Å². The Kier molecular flexibility index (Phi) is 3.95. The first-order valence-corrected chi connectivity index (χ1v) is 8.61. The summed E-state index contributed by atoms with van der Waals surface area (Å²) in [6.07, 6.45) is 2.12. The first-order chi connectivity index (χ1) is 12.1. The van der Waals surface area contributed by atoms with Crippen LogP contribution < -0.4 is 10.5 Å². The Morgan fingerprint density at radius 2 is 2.08 bits per heavy atom. The maximum atomic E-state index is 11.0. The molecule has 6 heteroatoms. The molecule has 3 N–H and O–H groups in total. The summed E-state index contributed by atoms with van der Waals surface area (Å²) < 4.78 is 6.04. The van der Waals surface area contributed by atoms with E-state index in [2.05, 4.69) is 11.1 Å². The van der Waals surface area contributed by atoms with Crippen molar-refractivity contribution in [2.45, 2.75) is 31.3 Å². The summed E-state index contributed by atoms with van der Waals surface area (Å²) in [6.45, 7) is 0.926. The third-order valence-electron chi connectivity index (χ3n) is 4.81. The Hall–Kier alpha value is -2.76. The van der Waals surface area contributed by atoms with E-state index in [9.17, 15) is 4.79 Å². The molecule has 0 spiro atoms. The number of carbonyl (C=O) groups is 1. The highest BCUT2D eigenvalue weighted by atomic mass is 16.5. The number of carboxylic acid groups (broad SMARTS) is 1. The van der Waals surface area contributed by atoms with Gasteiger partial charge in [-0.15, -0.1) is 0 Å². The maximum Gasteiger partial charge on any atom is 0.407 e. The van der Waals surface area contributed by atoms with Crippen LogP contribution in [0, 0.1) is 0 Å². The third-order valence-corrected chi connectivity index (χ3v) is 4.81. The molecule has 1 aromatic carbocycles. The first-order valence-electron chi connectivity index (χ1n) is 8.61. The van der Waals surface area contributed by atoms with E-state index in [0.717, 1.165) is 17.0 Å². The predicted molar refractivity (Wildman–Crippen MR) is 94.7 cm³/mol. The lowest BCUT2D eigenvalue weighted by atomic mass is 9.99. The first kappa shape index (κ1) is 15.7. The Bertz CT molecular complexity index is 804. The molecular weight excluding hydrogens is 318 g/mol. The highest BCUT2D eigenvalue weighted by Gasteiger charge is 2.29. The summed E-state index contributed by atoms with van der Waals surface area (Å²) in [5, 5.41) is 9.07. The van der Waals surface area contributed by atoms with Gasteiger partial charge in [-0.2, -0.15) is 0 Å². The molecule has 4 rings (SSSR count). The lowest BCUT2D eigenvalue weighted by molar-refractivity contribution is 0.145. The number of amides is 1. The Morgan fingerprint density at radius 3 is 2.76 bits per heavy atom. The van der Waals surface area contributed by atoms with Gasteiger partial charge in [-0.1, -0.05) is 12.1 Å². The molecule has 130 valence electrons. The topological polar surface area (TPSA) is 88.7 Å². The molecule has 1 aliphatic carbocycles. The number of anilines is 1. The fraction of sp³-hybridized carbons (Fsp3) is 0.368. The second-order valence-corrected chi connectivity index (χ2v) is 6.73. The molecular formula is C19H21N3O3. The SMILES string of the molecule is Nc1cccc(-c2cc(OC3CCN(C(=O)O)C3)ccc2C2CC2)n1. The second kappa shape index (κ2) is 6.27. The van der Waals surface area contributed by atoms with Gasteiger partial charge >= 0.3 is 6.09 Å². The van der Waals surface area contributed by atoms with Crippen LogP contribution in [0.4, 0.5) is 10.6 Å². The standard InChI is InChI=1S/C19H21N3O3/c20-18-3-1-2-17(21-18)16-10-13(6-7-15(16)12-4-5-12)25-14-8-9-22(11-14)19(23)24/h1-3,6-7,10,12,14H,4-5,8-9,11H2,(H2,20,21)(H,23,24). The zero-order valence-electron chi connectivity index (χ0n) is 13.9. The average Bonchev–Trinajstić information content (AvgIpc) is 3.33. The average molecular weight is 339 g/mol. The smallest absolute Gasteiger partial charge is 0.407 e. The number of nitrogen functional groups attached to an aromatic ring is 1. The van der Waals surface area contributed by atoms with E-state index in [4.69, 9.17) is 15.6 Å². The largest absolute Gasteiger partial charge is 0.488 e. The summed E-state index contributed by atoms with van der Waals surface area (Å²) in [4.78, 5) is 16.9. The molecule has 2 heterocycles. The quantitative estimate of drug-likeness (QED) is 0.892.